The van der Waals surface area contributed by atoms with Crippen LogP contribution in [0, 0.1) is 13.8 Å². The Hall–Kier alpha value is -1.03. The summed E-state index contributed by atoms with van der Waals surface area (Å²) in [5.74, 6) is 0. The van der Waals surface area contributed by atoms with E-state index in [9.17, 15) is 0 Å². The molecule has 5 heteroatoms. The molecule has 0 fully saturated rings. The molecule has 0 aliphatic rings. The number of benzene rings is 1. The normalized spacial score (nSPS) is 12.7. The predicted octanol–water partition coefficient (Wildman–Crippen LogP) is 4.07. The van der Waals surface area contributed by atoms with E-state index in [-0.39, 0.29) is 6.04 Å². The fourth-order valence-corrected chi connectivity index (χ4v) is 2.62. The van der Waals surface area contributed by atoms with Gasteiger partial charge in [-0.05, 0) is 38.0 Å². The third kappa shape index (κ3) is 3.00. The van der Waals surface area contributed by atoms with Crippen molar-refractivity contribution in [3.63, 3.8) is 0 Å². The molecule has 3 nitrogen and oxygen atoms in total. The fraction of sp³-hybridized carbons (Fsp3) is 0.400. The van der Waals surface area contributed by atoms with E-state index in [4.69, 9.17) is 28.9 Å². The van der Waals surface area contributed by atoms with Crippen molar-refractivity contribution in [2.75, 3.05) is 0 Å². The Labute approximate surface area is 129 Å². The van der Waals surface area contributed by atoms with Crippen molar-refractivity contribution in [3.8, 4) is 0 Å². The first kappa shape index (κ1) is 15.4. The molecule has 1 heterocycles. The van der Waals surface area contributed by atoms with Gasteiger partial charge in [-0.1, -0.05) is 35.3 Å². The van der Waals surface area contributed by atoms with Crippen LogP contribution in [-0.4, -0.2) is 9.78 Å². The molecule has 108 valence electrons. The predicted molar refractivity (Wildman–Crippen MR) is 84.5 cm³/mol. The molecule has 2 aromatic rings. The molecule has 1 atom stereocenters. The first-order valence-corrected chi connectivity index (χ1v) is 7.43. The highest BCUT2D eigenvalue weighted by Crippen LogP contribution is 2.26. The van der Waals surface area contributed by atoms with Crippen LogP contribution in [0.3, 0.4) is 0 Å². The Kier molecular flexibility index (Phi) is 4.74. The van der Waals surface area contributed by atoms with Crippen LogP contribution in [0.1, 0.15) is 35.5 Å². The molecular weight excluding hydrogens is 293 g/mol. The van der Waals surface area contributed by atoms with E-state index in [1.807, 2.05) is 43.7 Å². The van der Waals surface area contributed by atoms with Gasteiger partial charge in [0.2, 0.25) is 0 Å². The maximum atomic E-state index is 6.32. The lowest BCUT2D eigenvalue weighted by Gasteiger charge is -2.14. The fourth-order valence-electron chi connectivity index (χ4n) is 2.29. The lowest BCUT2D eigenvalue weighted by Crippen LogP contribution is -2.16. The van der Waals surface area contributed by atoms with Gasteiger partial charge in [0, 0.05) is 24.0 Å². The summed E-state index contributed by atoms with van der Waals surface area (Å²) in [6, 6.07) is 5.76. The summed E-state index contributed by atoms with van der Waals surface area (Å²) in [7, 11) is 0. The van der Waals surface area contributed by atoms with Gasteiger partial charge < -0.3 is 5.73 Å². The zero-order valence-electron chi connectivity index (χ0n) is 12.0. The number of aryl methyl sites for hydroxylation is 3. The highest BCUT2D eigenvalue weighted by molar-refractivity contribution is 6.32. The molecule has 1 aromatic carbocycles. The minimum atomic E-state index is -0.120. The minimum absolute atomic E-state index is 0.120. The molecule has 2 rings (SSSR count). The van der Waals surface area contributed by atoms with Crippen LogP contribution >= 0.6 is 23.2 Å². The second-order valence-electron chi connectivity index (χ2n) is 4.98. The number of nitrogens with two attached hydrogens (primary N) is 1. The molecule has 0 aliphatic heterocycles. The maximum Gasteiger partial charge on any atom is 0.0847 e. The highest BCUT2D eigenvalue weighted by atomic mass is 35.5. The lowest BCUT2D eigenvalue weighted by molar-refractivity contribution is 0.587. The highest BCUT2D eigenvalue weighted by Gasteiger charge is 2.17. The molecule has 0 radical (unpaired) electrons. The van der Waals surface area contributed by atoms with Gasteiger partial charge >= 0.3 is 0 Å². The van der Waals surface area contributed by atoms with Crippen LogP contribution in [0.5, 0.6) is 0 Å². The number of rotatable bonds is 4. The summed E-state index contributed by atoms with van der Waals surface area (Å²) < 4.78 is 1.92. The molecule has 1 unspecified atom stereocenters. The third-order valence-corrected chi connectivity index (χ3v) is 4.39. The summed E-state index contributed by atoms with van der Waals surface area (Å²) in [5.41, 5.74) is 10.2. The molecule has 0 spiro atoms. The summed E-state index contributed by atoms with van der Waals surface area (Å²) in [6.07, 6.45) is 0.661. The van der Waals surface area contributed by atoms with Crippen LogP contribution in [0.4, 0.5) is 0 Å². The monoisotopic (exact) mass is 311 g/mol. The van der Waals surface area contributed by atoms with Crippen molar-refractivity contribution in [3.05, 3.63) is 50.8 Å². The van der Waals surface area contributed by atoms with E-state index in [0.29, 0.717) is 11.4 Å². The Morgan fingerprint density at radius 2 is 2.00 bits per heavy atom. The van der Waals surface area contributed by atoms with E-state index in [1.165, 1.54) is 0 Å². The van der Waals surface area contributed by atoms with Gasteiger partial charge in [-0.3, -0.25) is 4.68 Å². The Morgan fingerprint density at radius 3 is 2.60 bits per heavy atom. The van der Waals surface area contributed by atoms with Crippen molar-refractivity contribution >= 4 is 23.2 Å². The average Bonchev–Trinajstić information content (AvgIpc) is 2.69. The van der Waals surface area contributed by atoms with Crippen molar-refractivity contribution in [1.82, 2.24) is 9.78 Å². The first-order chi connectivity index (χ1) is 9.43. The van der Waals surface area contributed by atoms with E-state index in [0.717, 1.165) is 34.1 Å². The van der Waals surface area contributed by atoms with Crippen molar-refractivity contribution < 1.29 is 0 Å². The van der Waals surface area contributed by atoms with Crippen molar-refractivity contribution in [1.29, 1.82) is 0 Å². The van der Waals surface area contributed by atoms with Gasteiger partial charge in [-0.2, -0.15) is 5.10 Å². The SMILES string of the molecule is CCn1nc(C)c(Cl)c1CC(N)c1ccc(Cl)c(C)c1. The van der Waals surface area contributed by atoms with Gasteiger partial charge in [-0.25, -0.2) is 0 Å². The molecule has 0 bridgehead atoms. The van der Waals surface area contributed by atoms with Crippen LogP contribution in [-0.2, 0) is 13.0 Å². The number of aromatic nitrogens is 2. The topological polar surface area (TPSA) is 43.8 Å². The Balaban J connectivity index is 2.27. The summed E-state index contributed by atoms with van der Waals surface area (Å²) in [6.45, 7) is 6.72. The summed E-state index contributed by atoms with van der Waals surface area (Å²) in [5, 5.41) is 5.89. The molecule has 2 N–H and O–H groups in total. The Morgan fingerprint density at radius 1 is 1.30 bits per heavy atom. The number of halogens is 2. The van der Waals surface area contributed by atoms with E-state index in [1.54, 1.807) is 0 Å². The first-order valence-electron chi connectivity index (χ1n) is 6.67. The quantitative estimate of drug-likeness (QED) is 0.925. The van der Waals surface area contributed by atoms with Crippen LogP contribution in [0.15, 0.2) is 18.2 Å². The average molecular weight is 312 g/mol. The molecule has 0 saturated heterocycles. The largest absolute Gasteiger partial charge is 0.324 e. The zero-order chi connectivity index (χ0) is 14.9. The van der Waals surface area contributed by atoms with Crippen LogP contribution in [0.2, 0.25) is 10.0 Å². The molecule has 0 aliphatic carbocycles. The minimum Gasteiger partial charge on any atom is -0.324 e. The zero-order valence-corrected chi connectivity index (χ0v) is 13.5. The standard InChI is InChI=1S/C15H19Cl2N3/c1-4-20-14(15(17)10(3)19-20)8-13(18)11-5-6-12(16)9(2)7-11/h5-7,13H,4,8,18H2,1-3H3. The van der Waals surface area contributed by atoms with Gasteiger partial charge in [0.05, 0.1) is 16.4 Å². The van der Waals surface area contributed by atoms with Crippen molar-refractivity contribution in [2.24, 2.45) is 5.73 Å². The number of hydrogen-bond donors (Lipinski definition) is 1. The van der Waals surface area contributed by atoms with Crippen LogP contribution < -0.4 is 5.73 Å². The van der Waals surface area contributed by atoms with Crippen LogP contribution in [0.25, 0.3) is 0 Å². The Bertz CT molecular complexity index is 620. The van der Waals surface area contributed by atoms with Gasteiger partial charge in [-0.15, -0.1) is 0 Å². The van der Waals surface area contributed by atoms with Gasteiger partial charge in [0.1, 0.15) is 0 Å². The smallest absolute Gasteiger partial charge is 0.0847 e. The lowest BCUT2D eigenvalue weighted by atomic mass is 10.0. The molecule has 0 amide bonds. The summed E-state index contributed by atoms with van der Waals surface area (Å²) >= 11 is 12.4. The van der Waals surface area contributed by atoms with Gasteiger partial charge in [0.15, 0.2) is 0 Å². The molecule has 1 aromatic heterocycles. The van der Waals surface area contributed by atoms with Crippen molar-refractivity contribution in [2.45, 2.75) is 39.8 Å². The second-order valence-corrected chi connectivity index (χ2v) is 5.77. The van der Waals surface area contributed by atoms with E-state index in [2.05, 4.69) is 5.10 Å². The molecule has 0 saturated carbocycles. The second kappa shape index (κ2) is 6.17. The molecule has 20 heavy (non-hydrogen) atoms. The third-order valence-electron chi connectivity index (χ3n) is 3.48. The van der Waals surface area contributed by atoms with E-state index >= 15 is 0 Å². The summed E-state index contributed by atoms with van der Waals surface area (Å²) in [4.78, 5) is 0. The maximum absolute atomic E-state index is 6.32. The number of hydrogen-bond acceptors (Lipinski definition) is 2. The number of nitrogens with zero attached hydrogens (tertiary/aromatic N) is 2. The molecular formula is C15H19Cl2N3. The van der Waals surface area contributed by atoms with Gasteiger partial charge in [0.25, 0.3) is 0 Å². The van der Waals surface area contributed by atoms with E-state index < -0.39 is 0 Å².